The van der Waals surface area contributed by atoms with E-state index in [0.29, 0.717) is 5.69 Å². The van der Waals surface area contributed by atoms with E-state index < -0.39 is 6.36 Å². The van der Waals surface area contributed by atoms with Gasteiger partial charge >= 0.3 is 6.36 Å². The van der Waals surface area contributed by atoms with Crippen LogP contribution < -0.4 is 10.1 Å². The Morgan fingerprint density at radius 3 is 2.32 bits per heavy atom. The number of anilines is 1. The lowest BCUT2D eigenvalue weighted by molar-refractivity contribution is -0.274. The fourth-order valence-corrected chi connectivity index (χ4v) is 2.56. The molecule has 0 unspecified atom stereocenters. The minimum absolute atomic E-state index is 0.169. The van der Waals surface area contributed by atoms with E-state index in [-0.39, 0.29) is 18.1 Å². The molecule has 0 aliphatic rings. The molecule has 0 saturated heterocycles. The van der Waals surface area contributed by atoms with Crippen LogP contribution in [0.25, 0.3) is 10.8 Å². The van der Waals surface area contributed by atoms with Crippen molar-refractivity contribution in [1.82, 2.24) is 0 Å². The quantitative estimate of drug-likeness (QED) is 0.729. The van der Waals surface area contributed by atoms with Crippen LogP contribution in [-0.2, 0) is 11.2 Å². The Morgan fingerprint density at radius 2 is 1.60 bits per heavy atom. The molecule has 0 aromatic heterocycles. The van der Waals surface area contributed by atoms with Crippen LogP contribution in [0.15, 0.2) is 66.7 Å². The Morgan fingerprint density at radius 1 is 0.920 bits per heavy atom. The SMILES string of the molecule is O=C(Cc1cccc2ccccc12)Nc1ccc(OC(F)(F)F)cc1. The maximum Gasteiger partial charge on any atom is 0.573 e. The van der Waals surface area contributed by atoms with Gasteiger partial charge in [0.05, 0.1) is 6.42 Å². The van der Waals surface area contributed by atoms with Gasteiger partial charge in [0.2, 0.25) is 5.91 Å². The summed E-state index contributed by atoms with van der Waals surface area (Å²) in [5.74, 6) is -0.583. The molecule has 128 valence electrons. The van der Waals surface area contributed by atoms with Crippen LogP contribution in [0.1, 0.15) is 5.56 Å². The smallest absolute Gasteiger partial charge is 0.406 e. The molecule has 0 atom stereocenters. The van der Waals surface area contributed by atoms with Gasteiger partial charge in [-0.25, -0.2) is 0 Å². The predicted molar refractivity (Wildman–Crippen MR) is 89.4 cm³/mol. The molecule has 1 amide bonds. The van der Waals surface area contributed by atoms with Gasteiger partial charge in [0.15, 0.2) is 0 Å². The molecule has 0 aliphatic carbocycles. The second-order valence-electron chi connectivity index (χ2n) is 5.44. The number of alkyl halides is 3. The van der Waals surface area contributed by atoms with Gasteiger partial charge in [0.25, 0.3) is 0 Å². The zero-order chi connectivity index (χ0) is 17.9. The Kier molecular flexibility index (Phi) is 4.61. The van der Waals surface area contributed by atoms with Crippen molar-refractivity contribution in [2.45, 2.75) is 12.8 Å². The van der Waals surface area contributed by atoms with Crippen molar-refractivity contribution in [1.29, 1.82) is 0 Å². The van der Waals surface area contributed by atoms with Crippen LogP contribution in [-0.4, -0.2) is 12.3 Å². The number of benzene rings is 3. The lowest BCUT2D eigenvalue weighted by atomic mass is 10.0. The van der Waals surface area contributed by atoms with Crippen LogP contribution in [0.3, 0.4) is 0 Å². The summed E-state index contributed by atoms with van der Waals surface area (Å²) in [7, 11) is 0. The summed E-state index contributed by atoms with van der Waals surface area (Å²) in [5.41, 5.74) is 1.28. The molecule has 25 heavy (non-hydrogen) atoms. The summed E-state index contributed by atoms with van der Waals surface area (Å²) < 4.78 is 40.2. The number of hydrogen-bond donors (Lipinski definition) is 1. The van der Waals surface area contributed by atoms with Gasteiger partial charge in [-0.05, 0) is 40.6 Å². The van der Waals surface area contributed by atoms with Gasteiger partial charge in [-0.1, -0.05) is 42.5 Å². The van der Waals surface area contributed by atoms with Gasteiger partial charge < -0.3 is 10.1 Å². The lowest BCUT2D eigenvalue weighted by Gasteiger charge is -2.10. The normalized spacial score (nSPS) is 11.3. The Labute approximate surface area is 142 Å². The van der Waals surface area contributed by atoms with Crippen molar-refractivity contribution >= 4 is 22.4 Å². The topological polar surface area (TPSA) is 38.3 Å². The summed E-state index contributed by atoms with van der Waals surface area (Å²) in [6, 6.07) is 18.5. The van der Waals surface area contributed by atoms with E-state index in [0.717, 1.165) is 28.5 Å². The monoisotopic (exact) mass is 345 g/mol. The zero-order valence-electron chi connectivity index (χ0n) is 13.0. The standard InChI is InChI=1S/C19H14F3NO2/c20-19(21,22)25-16-10-8-15(9-11-16)23-18(24)12-14-6-3-5-13-4-1-2-7-17(13)14/h1-11H,12H2,(H,23,24). The van der Waals surface area contributed by atoms with E-state index in [9.17, 15) is 18.0 Å². The van der Waals surface area contributed by atoms with E-state index in [1.165, 1.54) is 12.1 Å². The molecule has 0 fully saturated rings. The number of amides is 1. The van der Waals surface area contributed by atoms with Gasteiger partial charge in [-0.2, -0.15) is 0 Å². The zero-order valence-corrected chi connectivity index (χ0v) is 13.0. The van der Waals surface area contributed by atoms with Crippen molar-refractivity contribution in [3.05, 3.63) is 72.3 Å². The van der Waals surface area contributed by atoms with Crippen LogP contribution in [0, 0.1) is 0 Å². The number of rotatable bonds is 4. The number of halogens is 3. The van der Waals surface area contributed by atoms with E-state index in [4.69, 9.17) is 0 Å². The molecule has 0 saturated carbocycles. The van der Waals surface area contributed by atoms with Crippen LogP contribution in [0.4, 0.5) is 18.9 Å². The highest BCUT2D eigenvalue weighted by Crippen LogP contribution is 2.24. The number of hydrogen-bond acceptors (Lipinski definition) is 2. The largest absolute Gasteiger partial charge is 0.573 e. The van der Waals surface area contributed by atoms with Gasteiger partial charge in [-0.15, -0.1) is 13.2 Å². The molecule has 0 radical (unpaired) electrons. The molecular formula is C19H14F3NO2. The number of fused-ring (bicyclic) bond motifs is 1. The molecule has 0 spiro atoms. The number of carbonyl (C=O) groups excluding carboxylic acids is 1. The second-order valence-corrected chi connectivity index (χ2v) is 5.44. The third-order valence-electron chi connectivity index (χ3n) is 3.60. The van der Waals surface area contributed by atoms with E-state index >= 15 is 0 Å². The molecule has 3 aromatic carbocycles. The highest BCUT2D eigenvalue weighted by Gasteiger charge is 2.30. The minimum atomic E-state index is -4.74. The predicted octanol–water partition coefficient (Wildman–Crippen LogP) is 4.92. The molecule has 1 N–H and O–H groups in total. The Hall–Kier alpha value is -3.02. The fraction of sp³-hybridized carbons (Fsp3) is 0.105. The second kappa shape index (κ2) is 6.84. The molecule has 0 heterocycles. The van der Waals surface area contributed by atoms with Crippen LogP contribution in [0.5, 0.6) is 5.75 Å². The lowest BCUT2D eigenvalue weighted by Crippen LogP contribution is -2.17. The molecule has 0 aliphatic heterocycles. The van der Waals surface area contributed by atoms with Crippen molar-refractivity contribution in [2.24, 2.45) is 0 Å². The maximum atomic E-state index is 12.2. The summed E-state index contributed by atoms with van der Waals surface area (Å²) in [6.07, 6.45) is -4.57. The highest BCUT2D eigenvalue weighted by atomic mass is 19.4. The third kappa shape index (κ3) is 4.50. The fourth-order valence-electron chi connectivity index (χ4n) is 2.56. The summed E-state index contributed by atoms with van der Waals surface area (Å²) in [6.45, 7) is 0. The number of ether oxygens (including phenoxy) is 1. The third-order valence-corrected chi connectivity index (χ3v) is 3.60. The number of nitrogens with one attached hydrogen (secondary N) is 1. The molecular weight excluding hydrogens is 331 g/mol. The van der Waals surface area contributed by atoms with Gasteiger partial charge in [-0.3, -0.25) is 4.79 Å². The van der Waals surface area contributed by atoms with Gasteiger partial charge in [0, 0.05) is 5.69 Å². The summed E-state index contributed by atoms with van der Waals surface area (Å²) in [4.78, 5) is 12.2. The van der Waals surface area contributed by atoms with E-state index in [1.54, 1.807) is 0 Å². The highest BCUT2D eigenvalue weighted by molar-refractivity contribution is 5.96. The Bertz CT molecular complexity index is 884. The van der Waals surface area contributed by atoms with Crippen LogP contribution >= 0.6 is 0 Å². The van der Waals surface area contributed by atoms with Crippen molar-refractivity contribution in [3.8, 4) is 5.75 Å². The first-order chi connectivity index (χ1) is 11.9. The first kappa shape index (κ1) is 16.8. The molecule has 0 bridgehead atoms. The average Bonchev–Trinajstić information content (AvgIpc) is 2.56. The van der Waals surface area contributed by atoms with Crippen molar-refractivity contribution < 1.29 is 22.7 Å². The summed E-state index contributed by atoms with van der Waals surface area (Å²) in [5, 5.41) is 4.71. The molecule has 3 nitrogen and oxygen atoms in total. The van der Waals surface area contributed by atoms with Crippen molar-refractivity contribution in [2.75, 3.05) is 5.32 Å². The van der Waals surface area contributed by atoms with Crippen molar-refractivity contribution in [3.63, 3.8) is 0 Å². The van der Waals surface area contributed by atoms with Gasteiger partial charge in [0.1, 0.15) is 5.75 Å². The average molecular weight is 345 g/mol. The van der Waals surface area contributed by atoms with Crippen LogP contribution in [0.2, 0.25) is 0 Å². The summed E-state index contributed by atoms with van der Waals surface area (Å²) >= 11 is 0. The minimum Gasteiger partial charge on any atom is -0.406 e. The maximum absolute atomic E-state index is 12.2. The molecule has 6 heteroatoms. The first-order valence-electron chi connectivity index (χ1n) is 7.53. The Balaban J connectivity index is 1.68. The van der Waals surface area contributed by atoms with E-state index in [2.05, 4.69) is 10.1 Å². The molecule has 3 aromatic rings. The van der Waals surface area contributed by atoms with E-state index in [1.807, 2.05) is 42.5 Å². The first-order valence-corrected chi connectivity index (χ1v) is 7.53. The molecule has 3 rings (SSSR count). The number of carbonyl (C=O) groups is 1.